The molecule has 0 aliphatic carbocycles. The number of rotatable bonds is 6. The van der Waals surface area contributed by atoms with Gasteiger partial charge in [0.15, 0.2) is 0 Å². The summed E-state index contributed by atoms with van der Waals surface area (Å²) in [6.45, 7) is 0.547. The first-order valence-corrected chi connectivity index (χ1v) is 8.19. The van der Waals surface area contributed by atoms with Gasteiger partial charge >= 0.3 is 0 Å². The smallest absolute Gasteiger partial charge is 0.258 e. The monoisotopic (exact) mass is 359 g/mol. The van der Waals surface area contributed by atoms with E-state index in [9.17, 15) is 4.79 Å². The Labute approximate surface area is 156 Å². The van der Waals surface area contributed by atoms with Gasteiger partial charge < -0.3 is 15.4 Å². The van der Waals surface area contributed by atoms with Crippen molar-refractivity contribution in [2.75, 3.05) is 17.7 Å². The molecule has 27 heavy (non-hydrogen) atoms. The van der Waals surface area contributed by atoms with Crippen LogP contribution in [0.25, 0.3) is 0 Å². The molecule has 0 unspecified atom stereocenters. The van der Waals surface area contributed by atoms with E-state index in [1.165, 1.54) is 12.4 Å². The van der Waals surface area contributed by atoms with Crippen LogP contribution >= 0.6 is 0 Å². The minimum Gasteiger partial charge on any atom is -0.497 e. The van der Waals surface area contributed by atoms with Crippen molar-refractivity contribution in [3.63, 3.8) is 0 Å². The van der Waals surface area contributed by atoms with Crippen LogP contribution in [-0.2, 0) is 6.54 Å². The van der Waals surface area contributed by atoms with E-state index in [0.717, 1.165) is 11.3 Å². The zero-order valence-corrected chi connectivity index (χ0v) is 14.6. The fourth-order valence-electron chi connectivity index (χ4n) is 2.35. The summed E-state index contributed by atoms with van der Waals surface area (Å²) in [5.41, 5.74) is 2.20. The van der Waals surface area contributed by atoms with Gasteiger partial charge in [-0.1, -0.05) is 24.3 Å². The second-order valence-electron chi connectivity index (χ2n) is 5.61. The summed E-state index contributed by atoms with van der Waals surface area (Å²) in [5.74, 6) is 0.836. The summed E-state index contributed by atoms with van der Waals surface area (Å²) in [4.78, 5) is 20.6. The van der Waals surface area contributed by atoms with E-state index in [4.69, 9.17) is 10.00 Å². The second-order valence-corrected chi connectivity index (χ2v) is 5.61. The zero-order chi connectivity index (χ0) is 19.1. The molecule has 2 aromatic carbocycles. The third-order valence-electron chi connectivity index (χ3n) is 3.82. The minimum absolute atomic E-state index is 0.303. The number of carbonyl (C=O) groups excluding carboxylic acids is 1. The first kappa shape index (κ1) is 17.9. The van der Waals surface area contributed by atoms with Gasteiger partial charge in [-0.05, 0) is 29.8 Å². The van der Waals surface area contributed by atoms with Crippen molar-refractivity contribution in [1.29, 1.82) is 5.26 Å². The highest BCUT2D eigenvalue weighted by molar-refractivity contribution is 6.04. The lowest BCUT2D eigenvalue weighted by Gasteiger charge is -2.08. The Bertz CT molecular complexity index is 963. The summed E-state index contributed by atoms with van der Waals surface area (Å²) in [6.07, 6.45) is 2.88. The Morgan fingerprint density at radius 1 is 1.11 bits per heavy atom. The van der Waals surface area contributed by atoms with Gasteiger partial charge in [-0.3, -0.25) is 4.79 Å². The van der Waals surface area contributed by atoms with Crippen molar-refractivity contribution >= 4 is 17.5 Å². The van der Waals surface area contributed by atoms with Gasteiger partial charge in [0.05, 0.1) is 23.9 Å². The maximum atomic E-state index is 12.3. The average molecular weight is 359 g/mol. The van der Waals surface area contributed by atoms with Crippen molar-refractivity contribution in [2.24, 2.45) is 0 Å². The number of amides is 1. The molecule has 1 amide bonds. The van der Waals surface area contributed by atoms with Gasteiger partial charge in [-0.15, -0.1) is 0 Å². The predicted octanol–water partition coefficient (Wildman–Crippen LogP) is 3.22. The van der Waals surface area contributed by atoms with Crippen molar-refractivity contribution in [3.8, 4) is 11.8 Å². The summed E-state index contributed by atoms with van der Waals surface area (Å²) in [6, 6.07) is 16.5. The number of para-hydroxylation sites is 1. The van der Waals surface area contributed by atoms with E-state index in [0.29, 0.717) is 29.3 Å². The van der Waals surface area contributed by atoms with Crippen LogP contribution in [0.15, 0.2) is 60.9 Å². The number of ether oxygens (including phenoxy) is 1. The second kappa shape index (κ2) is 8.45. The molecule has 7 nitrogen and oxygen atoms in total. The molecule has 1 heterocycles. The molecule has 0 aliphatic heterocycles. The predicted molar refractivity (Wildman–Crippen MR) is 101 cm³/mol. The lowest BCUT2D eigenvalue weighted by atomic mass is 10.2. The molecule has 3 rings (SSSR count). The van der Waals surface area contributed by atoms with E-state index >= 15 is 0 Å². The number of benzene rings is 2. The summed E-state index contributed by atoms with van der Waals surface area (Å²) >= 11 is 0. The first-order chi connectivity index (χ1) is 13.2. The molecule has 0 fully saturated rings. The minimum atomic E-state index is -0.376. The molecule has 134 valence electrons. The molecule has 0 saturated heterocycles. The number of methoxy groups -OCH3 is 1. The van der Waals surface area contributed by atoms with Crippen molar-refractivity contribution < 1.29 is 9.53 Å². The number of nitrogens with zero attached hydrogens (tertiary/aromatic N) is 3. The molecule has 3 aromatic rings. The number of anilines is 2. The van der Waals surface area contributed by atoms with Gasteiger partial charge in [-0.25, -0.2) is 9.97 Å². The lowest BCUT2D eigenvalue weighted by Crippen LogP contribution is -2.14. The van der Waals surface area contributed by atoms with Crippen molar-refractivity contribution in [3.05, 3.63) is 77.6 Å². The molecule has 0 aliphatic rings. The standard InChI is InChI=1S/C20H17N5O2/c1-27-17-8-6-14(7-9-17)11-22-20-23-12-16(13-24-20)19(26)25-18-5-3-2-4-15(18)10-21/h2-9,12-13H,11H2,1H3,(H,25,26)(H,22,23,24). The number of nitrogens with one attached hydrogen (secondary N) is 2. The molecular formula is C20H17N5O2. The van der Waals surface area contributed by atoms with Crippen LogP contribution in [-0.4, -0.2) is 23.0 Å². The van der Waals surface area contributed by atoms with E-state index in [-0.39, 0.29) is 5.91 Å². The largest absolute Gasteiger partial charge is 0.497 e. The number of hydrogen-bond donors (Lipinski definition) is 2. The summed E-state index contributed by atoms with van der Waals surface area (Å²) in [5, 5.41) is 14.9. The Balaban J connectivity index is 1.60. The van der Waals surface area contributed by atoms with Crippen molar-refractivity contribution in [1.82, 2.24) is 9.97 Å². The Hall–Kier alpha value is -3.92. The molecular weight excluding hydrogens is 342 g/mol. The Kier molecular flexibility index (Phi) is 5.60. The van der Waals surface area contributed by atoms with Gasteiger partial charge in [-0.2, -0.15) is 5.26 Å². The summed E-state index contributed by atoms with van der Waals surface area (Å²) < 4.78 is 5.12. The maximum absolute atomic E-state index is 12.3. The highest BCUT2D eigenvalue weighted by atomic mass is 16.5. The van der Waals surface area contributed by atoms with Crippen LogP contribution in [0.3, 0.4) is 0 Å². The molecule has 0 spiro atoms. The molecule has 0 atom stereocenters. The fourth-order valence-corrected chi connectivity index (χ4v) is 2.35. The molecule has 2 N–H and O–H groups in total. The Morgan fingerprint density at radius 2 is 1.81 bits per heavy atom. The van der Waals surface area contributed by atoms with E-state index < -0.39 is 0 Å². The van der Waals surface area contributed by atoms with Crippen LogP contribution in [0.2, 0.25) is 0 Å². The van der Waals surface area contributed by atoms with E-state index in [1.807, 2.05) is 30.3 Å². The third-order valence-corrected chi connectivity index (χ3v) is 3.82. The highest BCUT2D eigenvalue weighted by Gasteiger charge is 2.10. The molecule has 0 bridgehead atoms. The van der Waals surface area contributed by atoms with Gasteiger partial charge in [0.1, 0.15) is 11.8 Å². The molecule has 7 heteroatoms. The van der Waals surface area contributed by atoms with E-state index in [1.54, 1.807) is 31.4 Å². The fraction of sp³-hybridized carbons (Fsp3) is 0.100. The Morgan fingerprint density at radius 3 is 2.48 bits per heavy atom. The lowest BCUT2D eigenvalue weighted by molar-refractivity contribution is 0.102. The van der Waals surface area contributed by atoms with Crippen LogP contribution < -0.4 is 15.4 Å². The number of hydrogen-bond acceptors (Lipinski definition) is 6. The highest BCUT2D eigenvalue weighted by Crippen LogP contribution is 2.15. The van der Waals surface area contributed by atoms with Crippen LogP contribution in [0.4, 0.5) is 11.6 Å². The SMILES string of the molecule is COc1ccc(CNc2ncc(C(=O)Nc3ccccc3C#N)cn2)cc1. The molecule has 0 radical (unpaired) electrons. The average Bonchev–Trinajstić information content (AvgIpc) is 2.73. The molecule has 1 aromatic heterocycles. The van der Waals surface area contributed by atoms with E-state index in [2.05, 4.69) is 20.6 Å². The molecule has 0 saturated carbocycles. The quantitative estimate of drug-likeness (QED) is 0.701. The number of nitriles is 1. The zero-order valence-electron chi connectivity index (χ0n) is 14.6. The van der Waals surface area contributed by atoms with Crippen LogP contribution in [0.5, 0.6) is 5.75 Å². The normalized spacial score (nSPS) is 9.93. The van der Waals surface area contributed by atoms with Crippen molar-refractivity contribution in [2.45, 2.75) is 6.54 Å². The van der Waals surface area contributed by atoms with Gasteiger partial charge in [0.2, 0.25) is 5.95 Å². The first-order valence-electron chi connectivity index (χ1n) is 8.19. The van der Waals surface area contributed by atoms with Gasteiger partial charge in [0.25, 0.3) is 5.91 Å². The topological polar surface area (TPSA) is 99.9 Å². The maximum Gasteiger partial charge on any atom is 0.258 e. The number of carbonyl (C=O) groups is 1. The number of aromatic nitrogens is 2. The van der Waals surface area contributed by atoms with Gasteiger partial charge in [0, 0.05) is 18.9 Å². The van der Waals surface area contributed by atoms with Crippen LogP contribution in [0, 0.1) is 11.3 Å². The third kappa shape index (κ3) is 4.58. The summed E-state index contributed by atoms with van der Waals surface area (Å²) in [7, 11) is 1.62. The van der Waals surface area contributed by atoms with Crippen LogP contribution in [0.1, 0.15) is 21.5 Å².